The molecule has 11 rings (SSSR count). The molecule has 3 nitrogen and oxygen atoms in total. The van der Waals surface area contributed by atoms with Crippen molar-refractivity contribution < 1.29 is 4.42 Å². The van der Waals surface area contributed by atoms with Crippen LogP contribution in [-0.2, 0) is 0 Å². The van der Waals surface area contributed by atoms with Gasteiger partial charge in [-0.15, -0.1) is 0 Å². The maximum absolute atomic E-state index is 7.05. The fourth-order valence-electron chi connectivity index (χ4n) is 8.33. The van der Waals surface area contributed by atoms with E-state index in [2.05, 4.69) is 204 Å². The molecule has 0 atom stereocenters. The Bertz CT molecular complexity index is 3160. The highest BCUT2D eigenvalue weighted by Gasteiger charge is 2.24. The minimum Gasteiger partial charge on any atom is -0.451 e. The number of fused-ring (bicyclic) bond motifs is 9. The van der Waals surface area contributed by atoms with Crippen molar-refractivity contribution >= 4 is 82.4 Å². The van der Waals surface area contributed by atoms with E-state index < -0.39 is 0 Å². The smallest absolute Gasteiger partial charge is 0.161 e. The molecule has 0 aliphatic heterocycles. The van der Waals surface area contributed by atoms with Crippen molar-refractivity contribution in [1.29, 1.82) is 0 Å². The van der Waals surface area contributed by atoms with E-state index in [0.717, 1.165) is 55.7 Å². The third-order valence-electron chi connectivity index (χ3n) is 10.7. The normalized spacial score (nSPS) is 11.8. The Labute approximate surface area is 306 Å². The molecule has 0 unspecified atom stereocenters. The van der Waals surface area contributed by atoms with E-state index in [0.29, 0.717) is 0 Å². The third kappa shape index (κ3) is 4.61. The van der Waals surface area contributed by atoms with Gasteiger partial charge in [-0.05, 0) is 104 Å². The molecule has 0 aliphatic carbocycles. The molecule has 53 heavy (non-hydrogen) atoms. The van der Waals surface area contributed by atoms with Crippen molar-refractivity contribution in [1.82, 2.24) is 4.57 Å². The van der Waals surface area contributed by atoms with Crippen LogP contribution in [0, 0.1) is 0 Å². The molecule has 0 radical (unpaired) electrons. The minimum atomic E-state index is 0.852. The maximum atomic E-state index is 7.05. The van der Waals surface area contributed by atoms with Crippen molar-refractivity contribution in [3.8, 4) is 16.8 Å². The zero-order valence-corrected chi connectivity index (χ0v) is 28.8. The predicted molar refractivity (Wildman–Crippen MR) is 223 cm³/mol. The molecule has 0 aliphatic rings. The van der Waals surface area contributed by atoms with Gasteiger partial charge in [-0.25, -0.2) is 0 Å². The molecule has 0 amide bonds. The van der Waals surface area contributed by atoms with E-state index in [1.807, 2.05) is 0 Å². The predicted octanol–water partition coefficient (Wildman–Crippen LogP) is 14.1. The van der Waals surface area contributed by atoms with Crippen LogP contribution in [0.3, 0.4) is 0 Å². The van der Waals surface area contributed by atoms with E-state index in [4.69, 9.17) is 4.42 Å². The van der Waals surface area contributed by atoms with Crippen molar-refractivity contribution in [3.05, 3.63) is 194 Å². The molecule has 3 heteroatoms. The average Bonchev–Trinajstić information content (AvgIpc) is 3.77. The second-order valence-electron chi connectivity index (χ2n) is 13.7. The van der Waals surface area contributed by atoms with Gasteiger partial charge >= 0.3 is 0 Å². The number of rotatable bonds is 5. The third-order valence-corrected chi connectivity index (χ3v) is 10.7. The number of para-hydroxylation sites is 3. The van der Waals surface area contributed by atoms with E-state index in [1.54, 1.807) is 0 Å². The van der Waals surface area contributed by atoms with Crippen molar-refractivity contribution in [2.75, 3.05) is 4.90 Å². The molecule has 0 N–H and O–H groups in total. The maximum Gasteiger partial charge on any atom is 0.161 e. The second-order valence-corrected chi connectivity index (χ2v) is 13.7. The Morgan fingerprint density at radius 3 is 1.87 bits per heavy atom. The van der Waals surface area contributed by atoms with Crippen molar-refractivity contribution in [2.45, 2.75) is 0 Å². The molecule has 0 bridgehead atoms. The Hall–Kier alpha value is -7.10. The lowest BCUT2D eigenvalue weighted by Crippen LogP contribution is -2.10. The average molecular weight is 677 g/mol. The molecule has 9 aromatic carbocycles. The first-order valence-corrected chi connectivity index (χ1v) is 18.1. The van der Waals surface area contributed by atoms with Crippen LogP contribution in [0.2, 0.25) is 0 Å². The molecule has 0 fully saturated rings. The van der Waals surface area contributed by atoms with Gasteiger partial charge in [0.15, 0.2) is 11.2 Å². The minimum absolute atomic E-state index is 0.852. The summed E-state index contributed by atoms with van der Waals surface area (Å²) in [5, 5.41) is 9.58. The lowest BCUT2D eigenvalue weighted by Gasteiger charge is -2.26. The fraction of sp³-hybridized carbons (Fsp3) is 0. The summed E-state index contributed by atoms with van der Waals surface area (Å²) in [5.41, 5.74) is 10.6. The molecule has 2 heterocycles. The molecule has 0 saturated carbocycles. The number of aromatic nitrogens is 1. The first-order valence-electron chi connectivity index (χ1n) is 18.1. The summed E-state index contributed by atoms with van der Waals surface area (Å²) < 4.78 is 9.38. The molecule has 11 aromatic rings. The van der Waals surface area contributed by atoms with Gasteiger partial charge in [-0.1, -0.05) is 133 Å². The van der Waals surface area contributed by atoms with Gasteiger partial charge in [0.05, 0.1) is 11.2 Å². The number of anilines is 3. The van der Waals surface area contributed by atoms with Crippen LogP contribution in [0.15, 0.2) is 199 Å². The molecular weight excluding hydrogens is 645 g/mol. The van der Waals surface area contributed by atoms with Crippen LogP contribution < -0.4 is 4.90 Å². The Balaban J connectivity index is 1.15. The van der Waals surface area contributed by atoms with Crippen LogP contribution in [0.25, 0.3) is 82.1 Å². The quantitative estimate of drug-likeness (QED) is 0.169. The van der Waals surface area contributed by atoms with E-state index in [-0.39, 0.29) is 0 Å². The molecule has 0 spiro atoms. The number of hydrogen-bond donors (Lipinski definition) is 0. The van der Waals surface area contributed by atoms with Gasteiger partial charge in [-0.3, -0.25) is 0 Å². The summed E-state index contributed by atoms with van der Waals surface area (Å²) in [6.07, 6.45) is 0. The first-order chi connectivity index (χ1) is 26.3. The monoisotopic (exact) mass is 676 g/mol. The van der Waals surface area contributed by atoms with E-state index >= 15 is 0 Å². The number of nitrogens with zero attached hydrogens (tertiary/aromatic N) is 2. The van der Waals surface area contributed by atoms with Crippen LogP contribution in [0.4, 0.5) is 17.1 Å². The summed E-state index contributed by atoms with van der Waals surface area (Å²) in [6, 6.07) is 69.6. The van der Waals surface area contributed by atoms with Gasteiger partial charge < -0.3 is 13.9 Å². The highest BCUT2D eigenvalue weighted by Crippen LogP contribution is 2.46. The van der Waals surface area contributed by atoms with E-state index in [1.165, 1.54) is 43.4 Å². The van der Waals surface area contributed by atoms with E-state index in [9.17, 15) is 0 Å². The Morgan fingerprint density at radius 2 is 1.02 bits per heavy atom. The largest absolute Gasteiger partial charge is 0.451 e. The van der Waals surface area contributed by atoms with Gasteiger partial charge in [0, 0.05) is 27.8 Å². The highest BCUT2D eigenvalue weighted by molar-refractivity contribution is 6.19. The zero-order chi connectivity index (χ0) is 34.9. The summed E-state index contributed by atoms with van der Waals surface area (Å²) in [5.74, 6) is 0. The fourth-order valence-corrected chi connectivity index (χ4v) is 8.33. The molecular formula is C50H32N2O. The number of furan rings is 1. The van der Waals surface area contributed by atoms with Gasteiger partial charge in [0.1, 0.15) is 5.52 Å². The zero-order valence-electron chi connectivity index (χ0n) is 28.8. The highest BCUT2D eigenvalue weighted by atomic mass is 16.3. The lowest BCUT2D eigenvalue weighted by atomic mass is 9.98. The summed E-state index contributed by atoms with van der Waals surface area (Å²) >= 11 is 0. The van der Waals surface area contributed by atoms with Crippen molar-refractivity contribution in [3.63, 3.8) is 0 Å². The SMILES string of the molecule is c1ccc(-n2c3ccccc3c3oc4c(N(c5ccc(-c6cccc7ccccc67)cc5)c5ccc6c(ccc7ccccc76)c5)cccc4c32)cc1. The second kappa shape index (κ2) is 11.7. The molecule has 0 saturated heterocycles. The Morgan fingerprint density at radius 1 is 0.396 bits per heavy atom. The number of hydrogen-bond acceptors (Lipinski definition) is 2. The topological polar surface area (TPSA) is 21.3 Å². The molecule has 248 valence electrons. The summed E-state index contributed by atoms with van der Waals surface area (Å²) in [6.45, 7) is 0. The standard InChI is InChI=1S/C50H32N2O/c1-2-15-37(16-3-1)52-46-22-9-8-19-44(46)50-48(52)45-21-11-23-47(49(45)53-50)51(39-30-31-43-36(32-39)25-24-34-13-5-7-18-41(34)43)38-28-26-35(27-29-38)42-20-10-14-33-12-4-6-17-40(33)42/h1-32H. The summed E-state index contributed by atoms with van der Waals surface area (Å²) in [4.78, 5) is 2.35. The van der Waals surface area contributed by atoms with Crippen LogP contribution >= 0.6 is 0 Å². The molecule has 2 aromatic heterocycles. The lowest BCUT2D eigenvalue weighted by molar-refractivity contribution is 0.673. The Kier molecular flexibility index (Phi) is 6.55. The van der Waals surface area contributed by atoms with Crippen LogP contribution in [0.1, 0.15) is 0 Å². The van der Waals surface area contributed by atoms with Gasteiger partial charge in [-0.2, -0.15) is 0 Å². The van der Waals surface area contributed by atoms with Crippen LogP contribution in [0.5, 0.6) is 0 Å². The van der Waals surface area contributed by atoms with Crippen LogP contribution in [-0.4, -0.2) is 4.57 Å². The van der Waals surface area contributed by atoms with Gasteiger partial charge in [0.25, 0.3) is 0 Å². The number of benzene rings is 9. The summed E-state index contributed by atoms with van der Waals surface area (Å²) in [7, 11) is 0. The van der Waals surface area contributed by atoms with Gasteiger partial charge in [0.2, 0.25) is 0 Å². The first kappa shape index (κ1) is 29.6. The van der Waals surface area contributed by atoms with Crippen molar-refractivity contribution in [2.24, 2.45) is 0 Å².